The molecule has 0 fully saturated rings. The number of nitrogens with one attached hydrogen (secondary N) is 2. The zero-order valence-corrected chi connectivity index (χ0v) is 19.3. The number of rotatable bonds is 7. The van der Waals surface area contributed by atoms with Gasteiger partial charge in [0, 0.05) is 25.3 Å². The minimum absolute atomic E-state index is 0.132. The van der Waals surface area contributed by atoms with Crippen LogP contribution in [0.2, 0.25) is 0 Å². The highest BCUT2D eigenvalue weighted by atomic mass is 32.2. The molecular formula is C23H22F3N3O4S. The summed E-state index contributed by atoms with van der Waals surface area (Å²) in [6.07, 6.45) is -4.71. The molecule has 0 atom stereocenters. The molecule has 3 rings (SSSR count). The van der Waals surface area contributed by atoms with Crippen LogP contribution < -0.4 is 19.7 Å². The Labute approximate surface area is 195 Å². The number of benzene rings is 3. The van der Waals surface area contributed by atoms with E-state index in [1.807, 2.05) is 0 Å². The van der Waals surface area contributed by atoms with Gasteiger partial charge in [0.1, 0.15) is 5.75 Å². The smallest absolute Gasteiger partial charge is 0.418 e. The molecule has 2 N–H and O–H groups in total. The van der Waals surface area contributed by atoms with E-state index >= 15 is 0 Å². The second-order valence-electron chi connectivity index (χ2n) is 7.41. The number of ether oxygens (including phenoxy) is 1. The normalized spacial score (nSPS) is 11.6. The highest BCUT2D eigenvalue weighted by molar-refractivity contribution is 7.92. The molecule has 0 aliphatic carbocycles. The van der Waals surface area contributed by atoms with Crippen LogP contribution in [0.3, 0.4) is 0 Å². The summed E-state index contributed by atoms with van der Waals surface area (Å²) in [5, 5.41) is 2.23. The predicted molar refractivity (Wildman–Crippen MR) is 124 cm³/mol. The third kappa shape index (κ3) is 5.60. The van der Waals surface area contributed by atoms with Gasteiger partial charge in [-0.3, -0.25) is 9.52 Å². The van der Waals surface area contributed by atoms with Gasteiger partial charge in [-0.15, -0.1) is 0 Å². The topological polar surface area (TPSA) is 87.7 Å². The van der Waals surface area contributed by atoms with Gasteiger partial charge >= 0.3 is 6.18 Å². The van der Waals surface area contributed by atoms with E-state index in [0.29, 0.717) is 11.4 Å². The minimum Gasteiger partial charge on any atom is -0.495 e. The molecule has 0 aliphatic rings. The van der Waals surface area contributed by atoms with Gasteiger partial charge in [0.2, 0.25) is 0 Å². The number of anilines is 3. The average Bonchev–Trinajstić information content (AvgIpc) is 2.78. The summed E-state index contributed by atoms with van der Waals surface area (Å²) in [6.45, 7) is 0. The van der Waals surface area contributed by atoms with Gasteiger partial charge in [-0.1, -0.05) is 18.2 Å². The molecule has 0 bridgehead atoms. The van der Waals surface area contributed by atoms with Crippen LogP contribution in [-0.4, -0.2) is 35.5 Å². The Morgan fingerprint density at radius 1 is 0.941 bits per heavy atom. The fourth-order valence-electron chi connectivity index (χ4n) is 3.09. The van der Waals surface area contributed by atoms with Crippen molar-refractivity contribution in [3.05, 3.63) is 77.9 Å². The largest absolute Gasteiger partial charge is 0.495 e. The maximum Gasteiger partial charge on any atom is 0.418 e. The first kappa shape index (κ1) is 24.9. The van der Waals surface area contributed by atoms with E-state index in [1.165, 1.54) is 42.3 Å². The molecule has 0 spiro atoms. The van der Waals surface area contributed by atoms with Crippen LogP contribution in [0.25, 0.3) is 0 Å². The fourth-order valence-corrected chi connectivity index (χ4v) is 4.20. The zero-order valence-electron chi connectivity index (χ0n) is 18.5. The molecule has 1 amide bonds. The quantitative estimate of drug-likeness (QED) is 0.492. The number of para-hydroxylation sites is 2. The van der Waals surface area contributed by atoms with Crippen molar-refractivity contribution in [2.75, 3.05) is 36.1 Å². The van der Waals surface area contributed by atoms with Gasteiger partial charge < -0.3 is 15.0 Å². The molecule has 0 unspecified atom stereocenters. The Bertz CT molecular complexity index is 1310. The number of halogens is 3. The number of carbonyl (C=O) groups excluding carboxylic acids is 1. The van der Waals surface area contributed by atoms with Crippen LogP contribution in [-0.2, 0) is 16.2 Å². The number of sulfonamides is 1. The Morgan fingerprint density at radius 2 is 1.65 bits per heavy atom. The van der Waals surface area contributed by atoms with E-state index in [4.69, 9.17) is 4.74 Å². The molecule has 0 aromatic heterocycles. The maximum absolute atomic E-state index is 13.6. The summed E-state index contributed by atoms with van der Waals surface area (Å²) in [5.74, 6) is -0.599. The van der Waals surface area contributed by atoms with Crippen molar-refractivity contribution in [3.63, 3.8) is 0 Å². The molecule has 0 heterocycles. The molecule has 11 heteroatoms. The summed E-state index contributed by atoms with van der Waals surface area (Å²) < 4.78 is 73.9. The summed E-state index contributed by atoms with van der Waals surface area (Å²) >= 11 is 0. The molecule has 7 nitrogen and oxygen atoms in total. The van der Waals surface area contributed by atoms with E-state index in [1.54, 1.807) is 32.3 Å². The summed E-state index contributed by atoms with van der Waals surface area (Å²) in [6, 6.07) is 14.8. The molecular weight excluding hydrogens is 471 g/mol. The van der Waals surface area contributed by atoms with Crippen molar-refractivity contribution in [3.8, 4) is 5.75 Å². The van der Waals surface area contributed by atoms with E-state index in [0.717, 1.165) is 18.2 Å². The standard InChI is InChI=1S/C23H22F3N3O4S/c1-29(2)16-11-12-19(18(14-16)23(24,25)26)27-22(30)15-7-6-8-17(13-15)34(31,32)28-20-9-4-5-10-21(20)33-3/h4-14,28H,1-3H3,(H,27,30). The van der Waals surface area contributed by atoms with Crippen LogP contribution >= 0.6 is 0 Å². The molecule has 3 aromatic carbocycles. The number of nitrogens with zero attached hydrogens (tertiary/aromatic N) is 1. The molecule has 34 heavy (non-hydrogen) atoms. The maximum atomic E-state index is 13.6. The fraction of sp³-hybridized carbons (Fsp3) is 0.174. The first-order chi connectivity index (χ1) is 15.9. The van der Waals surface area contributed by atoms with Gasteiger partial charge in [-0.25, -0.2) is 8.42 Å². The van der Waals surface area contributed by atoms with Crippen LogP contribution in [0.15, 0.2) is 71.6 Å². The third-order valence-electron chi connectivity index (χ3n) is 4.83. The van der Waals surface area contributed by atoms with Crippen LogP contribution in [0.1, 0.15) is 15.9 Å². The lowest BCUT2D eigenvalue weighted by Crippen LogP contribution is -2.19. The van der Waals surface area contributed by atoms with Crippen molar-refractivity contribution in [1.82, 2.24) is 0 Å². The van der Waals surface area contributed by atoms with Gasteiger partial charge in [-0.2, -0.15) is 13.2 Å². The lowest BCUT2D eigenvalue weighted by atomic mass is 10.1. The van der Waals surface area contributed by atoms with E-state index in [9.17, 15) is 26.4 Å². The Morgan fingerprint density at radius 3 is 2.29 bits per heavy atom. The first-order valence-corrected chi connectivity index (χ1v) is 11.4. The highest BCUT2D eigenvalue weighted by Gasteiger charge is 2.34. The Kier molecular flexibility index (Phi) is 7.06. The number of methoxy groups -OCH3 is 1. The van der Waals surface area contributed by atoms with Crippen molar-refractivity contribution in [2.45, 2.75) is 11.1 Å². The number of hydrogen-bond donors (Lipinski definition) is 2. The van der Waals surface area contributed by atoms with Gasteiger partial charge in [-0.05, 0) is 48.5 Å². The lowest BCUT2D eigenvalue weighted by molar-refractivity contribution is -0.136. The SMILES string of the molecule is COc1ccccc1NS(=O)(=O)c1cccc(C(=O)Nc2ccc(N(C)C)cc2C(F)(F)F)c1. The molecule has 0 aliphatic heterocycles. The Balaban J connectivity index is 1.90. The van der Waals surface area contributed by atoms with Crippen molar-refractivity contribution in [2.24, 2.45) is 0 Å². The highest BCUT2D eigenvalue weighted by Crippen LogP contribution is 2.37. The second kappa shape index (κ2) is 9.64. The summed E-state index contributed by atoms with van der Waals surface area (Å²) in [5.41, 5.74) is -1.10. The molecule has 0 saturated carbocycles. The van der Waals surface area contributed by atoms with Crippen molar-refractivity contribution >= 4 is 33.0 Å². The Hall–Kier alpha value is -3.73. The predicted octanol–water partition coefficient (Wildman–Crippen LogP) is 4.83. The molecule has 0 saturated heterocycles. The minimum atomic E-state index is -4.71. The lowest BCUT2D eigenvalue weighted by Gasteiger charge is -2.19. The molecule has 3 aromatic rings. The van der Waals surface area contributed by atoms with E-state index < -0.39 is 33.4 Å². The van der Waals surface area contributed by atoms with Crippen LogP contribution in [0.5, 0.6) is 5.75 Å². The first-order valence-electron chi connectivity index (χ1n) is 9.88. The van der Waals surface area contributed by atoms with Crippen LogP contribution in [0.4, 0.5) is 30.2 Å². The number of hydrogen-bond acceptors (Lipinski definition) is 5. The van der Waals surface area contributed by atoms with Gasteiger partial charge in [0.15, 0.2) is 0 Å². The monoisotopic (exact) mass is 493 g/mol. The van der Waals surface area contributed by atoms with Crippen molar-refractivity contribution in [1.29, 1.82) is 0 Å². The zero-order chi connectivity index (χ0) is 25.1. The van der Waals surface area contributed by atoms with E-state index in [2.05, 4.69) is 10.0 Å². The average molecular weight is 494 g/mol. The van der Waals surface area contributed by atoms with Crippen molar-refractivity contribution < 1.29 is 31.1 Å². The van der Waals surface area contributed by atoms with Gasteiger partial charge in [0.25, 0.3) is 15.9 Å². The summed E-state index contributed by atoms with van der Waals surface area (Å²) in [4.78, 5) is 14.0. The second-order valence-corrected chi connectivity index (χ2v) is 9.09. The molecule has 180 valence electrons. The van der Waals surface area contributed by atoms with Gasteiger partial charge in [0.05, 0.1) is 28.9 Å². The number of alkyl halides is 3. The van der Waals surface area contributed by atoms with E-state index in [-0.39, 0.29) is 16.1 Å². The number of amides is 1. The summed E-state index contributed by atoms with van der Waals surface area (Å²) in [7, 11) is 0.462. The van der Waals surface area contributed by atoms with Crippen LogP contribution in [0, 0.1) is 0 Å². The third-order valence-corrected chi connectivity index (χ3v) is 6.19. The number of carbonyl (C=O) groups is 1. The molecule has 0 radical (unpaired) electrons.